The Morgan fingerprint density at radius 1 is 1.48 bits per heavy atom. The van der Waals surface area contributed by atoms with Crippen LogP contribution in [-0.2, 0) is 4.74 Å². The van der Waals surface area contributed by atoms with Gasteiger partial charge in [-0.05, 0) is 6.07 Å². The van der Waals surface area contributed by atoms with Crippen molar-refractivity contribution in [2.24, 2.45) is 4.99 Å². The number of aromatic nitrogens is 1. The number of carboxylic acid groups (broad SMARTS) is 1. The molecule has 0 atom stereocenters. The lowest BCUT2D eigenvalue weighted by atomic mass is 10.4. The highest BCUT2D eigenvalue weighted by molar-refractivity contribution is 5.64. The molecule has 2 rings (SSSR count). The summed E-state index contributed by atoms with van der Waals surface area (Å²) in [6.07, 6.45) is 3.81. The van der Waals surface area contributed by atoms with Gasteiger partial charge in [-0.15, -0.1) is 0 Å². The lowest BCUT2D eigenvalue weighted by molar-refractivity contribution is 0.0701. The minimum atomic E-state index is -0.907. The number of pyridine rings is 1. The fraction of sp³-hybridized carbons (Fsp3) is 0.462. The van der Waals surface area contributed by atoms with E-state index in [1.165, 1.54) is 20.3 Å². The van der Waals surface area contributed by atoms with Crippen molar-refractivity contribution in [2.75, 3.05) is 40.4 Å². The van der Waals surface area contributed by atoms with Crippen LogP contribution in [0.25, 0.3) is 0 Å². The molecule has 0 bridgehead atoms. The van der Waals surface area contributed by atoms with Gasteiger partial charge in [-0.25, -0.2) is 9.79 Å². The van der Waals surface area contributed by atoms with Gasteiger partial charge in [0.25, 0.3) is 0 Å². The molecule has 2 heterocycles. The Bertz CT molecular complexity index is 473. The smallest absolute Gasteiger partial charge is 0.406 e. The summed E-state index contributed by atoms with van der Waals surface area (Å²) in [5.74, 6) is 0.0991. The van der Waals surface area contributed by atoms with E-state index in [-0.39, 0.29) is 5.75 Å². The Balaban J connectivity index is 0.000000315. The van der Waals surface area contributed by atoms with Gasteiger partial charge in [0.2, 0.25) is 0 Å². The summed E-state index contributed by atoms with van der Waals surface area (Å²) >= 11 is 0. The first kappa shape index (κ1) is 16.7. The number of aliphatic imine (C=N–C) groups is 1. The maximum absolute atomic E-state index is 9.62. The van der Waals surface area contributed by atoms with Gasteiger partial charge < -0.3 is 24.7 Å². The van der Waals surface area contributed by atoms with Crippen molar-refractivity contribution < 1.29 is 19.7 Å². The lowest BCUT2D eigenvalue weighted by Crippen LogP contribution is -2.34. The summed E-state index contributed by atoms with van der Waals surface area (Å²) in [6, 6.07) is 1.67. The van der Waals surface area contributed by atoms with Crippen molar-refractivity contribution in [3.05, 3.63) is 18.5 Å². The van der Waals surface area contributed by atoms with Crippen LogP contribution in [0.15, 0.2) is 23.5 Å². The van der Waals surface area contributed by atoms with Crippen LogP contribution in [0.2, 0.25) is 0 Å². The summed E-state index contributed by atoms with van der Waals surface area (Å²) < 4.78 is 5.21. The van der Waals surface area contributed by atoms with E-state index in [9.17, 15) is 9.90 Å². The number of ether oxygens (including phenoxy) is 1. The molecule has 8 heteroatoms. The highest BCUT2D eigenvalue weighted by atomic mass is 16.5. The SMILES string of the molecule is CN(C)C(=O)O.Oc1cnccc1/N=C/N1CCOCC1. The molecule has 0 unspecified atom stereocenters. The molecule has 0 aliphatic carbocycles. The Morgan fingerprint density at radius 2 is 2.10 bits per heavy atom. The molecular weight excluding hydrogens is 276 g/mol. The number of amides is 1. The van der Waals surface area contributed by atoms with E-state index >= 15 is 0 Å². The molecule has 0 spiro atoms. The molecular formula is C13H20N4O4. The summed E-state index contributed by atoms with van der Waals surface area (Å²) in [4.78, 5) is 20.7. The van der Waals surface area contributed by atoms with Crippen LogP contribution in [0, 0.1) is 0 Å². The minimum absolute atomic E-state index is 0.0991. The Morgan fingerprint density at radius 3 is 2.62 bits per heavy atom. The van der Waals surface area contributed by atoms with Gasteiger partial charge in [0, 0.05) is 33.4 Å². The first-order chi connectivity index (χ1) is 10.0. The second kappa shape index (κ2) is 8.75. The molecule has 8 nitrogen and oxygen atoms in total. The third-order valence-electron chi connectivity index (χ3n) is 2.57. The van der Waals surface area contributed by atoms with E-state index in [0.29, 0.717) is 5.69 Å². The molecule has 1 aromatic heterocycles. The summed E-state index contributed by atoms with van der Waals surface area (Å²) in [7, 11) is 2.95. The topological polar surface area (TPSA) is 98.5 Å². The number of rotatable bonds is 2. The standard InChI is InChI=1S/C10H13N3O2.C3H7NO2/c14-10-7-11-2-1-9(10)12-8-13-3-5-15-6-4-13;1-4(2)3(5)6/h1-2,7-8,14H,3-6H2;1-2H3,(H,5,6)/b12-8+;. The molecule has 0 aromatic carbocycles. The summed E-state index contributed by atoms with van der Waals surface area (Å²) in [6.45, 7) is 3.15. The molecule has 1 amide bonds. The van der Waals surface area contributed by atoms with Crippen molar-refractivity contribution >= 4 is 18.1 Å². The molecule has 1 aliphatic heterocycles. The second-order valence-electron chi connectivity index (χ2n) is 4.43. The monoisotopic (exact) mass is 296 g/mol. The van der Waals surface area contributed by atoms with E-state index < -0.39 is 6.09 Å². The van der Waals surface area contributed by atoms with Crippen LogP contribution in [0.5, 0.6) is 5.75 Å². The maximum Gasteiger partial charge on any atom is 0.406 e. The predicted molar refractivity (Wildman–Crippen MR) is 78.2 cm³/mol. The van der Waals surface area contributed by atoms with Gasteiger partial charge in [0.1, 0.15) is 5.69 Å². The molecule has 2 N–H and O–H groups in total. The van der Waals surface area contributed by atoms with Crippen molar-refractivity contribution in [1.29, 1.82) is 0 Å². The number of aromatic hydroxyl groups is 1. The number of carbonyl (C=O) groups is 1. The highest BCUT2D eigenvalue weighted by Gasteiger charge is 2.06. The molecule has 1 aliphatic rings. The van der Waals surface area contributed by atoms with Crippen molar-refractivity contribution in [1.82, 2.24) is 14.8 Å². The zero-order valence-corrected chi connectivity index (χ0v) is 12.1. The van der Waals surface area contributed by atoms with Gasteiger partial charge in [0.15, 0.2) is 5.75 Å². The minimum Gasteiger partial charge on any atom is -0.504 e. The molecule has 1 fully saturated rings. The van der Waals surface area contributed by atoms with E-state index in [1.54, 1.807) is 18.6 Å². The number of hydrogen-bond acceptors (Lipinski definition) is 5. The molecule has 1 aromatic rings. The van der Waals surface area contributed by atoms with E-state index in [0.717, 1.165) is 31.2 Å². The fourth-order valence-electron chi connectivity index (χ4n) is 1.32. The van der Waals surface area contributed by atoms with Crippen LogP contribution < -0.4 is 0 Å². The van der Waals surface area contributed by atoms with Gasteiger partial charge >= 0.3 is 6.09 Å². The Hall–Kier alpha value is -2.35. The number of hydrogen-bond donors (Lipinski definition) is 2. The normalized spacial score (nSPS) is 14.5. The van der Waals surface area contributed by atoms with Crippen molar-refractivity contribution in [3.63, 3.8) is 0 Å². The zero-order chi connectivity index (χ0) is 15.7. The van der Waals surface area contributed by atoms with E-state index in [2.05, 4.69) is 14.9 Å². The van der Waals surface area contributed by atoms with E-state index in [1.807, 2.05) is 0 Å². The lowest BCUT2D eigenvalue weighted by Gasteiger charge is -2.24. The average Bonchev–Trinajstić information content (AvgIpc) is 2.48. The Kier molecular flexibility index (Phi) is 6.96. The molecule has 0 saturated carbocycles. The largest absolute Gasteiger partial charge is 0.504 e. The van der Waals surface area contributed by atoms with Gasteiger partial charge in [-0.1, -0.05) is 0 Å². The first-order valence-corrected chi connectivity index (χ1v) is 6.40. The number of nitrogens with zero attached hydrogens (tertiary/aromatic N) is 4. The summed E-state index contributed by atoms with van der Waals surface area (Å²) in [5, 5.41) is 17.3. The predicted octanol–water partition coefficient (Wildman–Crippen LogP) is 1.01. The molecule has 21 heavy (non-hydrogen) atoms. The molecule has 1 saturated heterocycles. The van der Waals surface area contributed by atoms with Crippen LogP contribution in [0.3, 0.4) is 0 Å². The van der Waals surface area contributed by atoms with Gasteiger partial charge in [-0.3, -0.25) is 4.98 Å². The fourth-order valence-corrected chi connectivity index (χ4v) is 1.32. The van der Waals surface area contributed by atoms with Crippen LogP contribution in [0.4, 0.5) is 10.5 Å². The van der Waals surface area contributed by atoms with Gasteiger partial charge in [0.05, 0.1) is 25.7 Å². The van der Waals surface area contributed by atoms with Gasteiger partial charge in [-0.2, -0.15) is 0 Å². The zero-order valence-electron chi connectivity index (χ0n) is 12.1. The van der Waals surface area contributed by atoms with E-state index in [4.69, 9.17) is 9.84 Å². The Labute approximate surface area is 123 Å². The van der Waals surface area contributed by atoms with Crippen molar-refractivity contribution in [3.8, 4) is 5.75 Å². The van der Waals surface area contributed by atoms with Crippen LogP contribution >= 0.6 is 0 Å². The number of morpholine rings is 1. The third kappa shape index (κ3) is 6.57. The van der Waals surface area contributed by atoms with Crippen molar-refractivity contribution in [2.45, 2.75) is 0 Å². The second-order valence-corrected chi connectivity index (χ2v) is 4.43. The average molecular weight is 296 g/mol. The third-order valence-corrected chi connectivity index (χ3v) is 2.57. The quantitative estimate of drug-likeness (QED) is 0.624. The molecule has 116 valence electrons. The summed E-state index contributed by atoms with van der Waals surface area (Å²) in [5.41, 5.74) is 0.538. The maximum atomic E-state index is 9.62. The molecule has 0 radical (unpaired) electrons. The first-order valence-electron chi connectivity index (χ1n) is 6.40. The highest BCUT2D eigenvalue weighted by Crippen LogP contribution is 2.23. The van der Waals surface area contributed by atoms with Crippen LogP contribution in [-0.4, -0.2) is 77.8 Å². The van der Waals surface area contributed by atoms with Crippen LogP contribution in [0.1, 0.15) is 0 Å².